The monoisotopic (exact) mass is 295 g/mol. The van der Waals surface area contributed by atoms with Gasteiger partial charge in [0.05, 0.1) is 18.9 Å². The van der Waals surface area contributed by atoms with Crippen molar-refractivity contribution >= 4 is 28.0 Å². The number of hydrogen-bond donors (Lipinski definition) is 2. The van der Waals surface area contributed by atoms with E-state index < -0.39 is 5.97 Å². The Morgan fingerprint density at radius 3 is 3.00 bits per heavy atom. The van der Waals surface area contributed by atoms with Crippen LogP contribution in [0.5, 0.6) is 0 Å². The minimum atomic E-state index is -0.519. The van der Waals surface area contributed by atoms with Crippen LogP contribution in [0.3, 0.4) is 0 Å². The summed E-state index contributed by atoms with van der Waals surface area (Å²) in [6.45, 7) is 3.49. The van der Waals surface area contributed by atoms with Gasteiger partial charge in [-0.2, -0.15) is 5.26 Å². The molecule has 7 heteroatoms. The fourth-order valence-electron chi connectivity index (χ4n) is 2.19. The molecule has 108 valence electrons. The fraction of sp³-hybridized carbons (Fsp3) is 0.538. The number of hydrogen-bond acceptors (Lipinski definition) is 7. The molecule has 1 aliphatic rings. The third-order valence-electron chi connectivity index (χ3n) is 3.49. The molecule has 0 bridgehead atoms. The second kappa shape index (κ2) is 6.11. The number of nitrogens with one attached hydrogen (secondary N) is 1. The number of methoxy groups -OCH3 is 1. The van der Waals surface area contributed by atoms with Crippen molar-refractivity contribution in [1.29, 1.82) is 5.26 Å². The molecule has 2 unspecified atom stereocenters. The highest BCUT2D eigenvalue weighted by Gasteiger charge is 2.26. The van der Waals surface area contributed by atoms with Gasteiger partial charge < -0.3 is 20.5 Å². The molecule has 6 nitrogen and oxygen atoms in total. The molecule has 0 saturated carbocycles. The lowest BCUT2D eigenvalue weighted by molar-refractivity contribution is 0.0607. The van der Waals surface area contributed by atoms with Gasteiger partial charge in [0.25, 0.3) is 0 Å². The van der Waals surface area contributed by atoms with E-state index >= 15 is 0 Å². The SMILES string of the molecule is COC(=O)c1sc(NCC2CCOC2C)c(C#N)c1N. The summed E-state index contributed by atoms with van der Waals surface area (Å²) in [7, 11) is 1.29. The van der Waals surface area contributed by atoms with Crippen molar-refractivity contribution in [3.63, 3.8) is 0 Å². The highest BCUT2D eigenvalue weighted by Crippen LogP contribution is 2.36. The standard InChI is InChI=1S/C13H17N3O3S/c1-7-8(3-4-19-7)6-16-12-9(5-14)10(15)11(20-12)13(17)18-2/h7-8,16H,3-4,6,15H2,1-2H3. The average Bonchev–Trinajstić information content (AvgIpc) is 2.99. The Hall–Kier alpha value is -1.78. The largest absolute Gasteiger partial charge is 0.465 e. The second-order valence-corrected chi connectivity index (χ2v) is 5.68. The molecule has 2 atom stereocenters. The first-order valence-corrected chi connectivity index (χ1v) is 7.16. The number of ether oxygens (including phenoxy) is 2. The third-order valence-corrected chi connectivity index (χ3v) is 4.63. The number of anilines is 2. The van der Waals surface area contributed by atoms with Crippen LogP contribution in [0.15, 0.2) is 0 Å². The topological polar surface area (TPSA) is 97.4 Å². The van der Waals surface area contributed by atoms with E-state index in [9.17, 15) is 10.1 Å². The maximum atomic E-state index is 11.6. The summed E-state index contributed by atoms with van der Waals surface area (Å²) >= 11 is 1.15. The van der Waals surface area contributed by atoms with Crippen molar-refractivity contribution in [1.82, 2.24) is 0 Å². The van der Waals surface area contributed by atoms with Crippen LogP contribution >= 0.6 is 11.3 Å². The van der Waals surface area contributed by atoms with Gasteiger partial charge in [-0.25, -0.2) is 4.79 Å². The van der Waals surface area contributed by atoms with Gasteiger partial charge in [-0.1, -0.05) is 0 Å². The summed E-state index contributed by atoms with van der Waals surface area (Å²) in [4.78, 5) is 11.8. The van der Waals surface area contributed by atoms with E-state index in [0.717, 1.165) is 24.4 Å². The van der Waals surface area contributed by atoms with Gasteiger partial charge >= 0.3 is 5.97 Å². The lowest BCUT2D eigenvalue weighted by atomic mass is 10.0. The lowest BCUT2D eigenvalue weighted by Crippen LogP contribution is -2.20. The van der Waals surface area contributed by atoms with E-state index in [1.807, 2.05) is 13.0 Å². The summed E-state index contributed by atoms with van der Waals surface area (Å²) in [6, 6.07) is 2.03. The minimum Gasteiger partial charge on any atom is -0.465 e. The van der Waals surface area contributed by atoms with Crippen molar-refractivity contribution in [2.75, 3.05) is 31.3 Å². The maximum Gasteiger partial charge on any atom is 0.350 e. The maximum absolute atomic E-state index is 11.6. The van der Waals surface area contributed by atoms with E-state index in [-0.39, 0.29) is 16.7 Å². The smallest absolute Gasteiger partial charge is 0.350 e. The first-order chi connectivity index (χ1) is 9.58. The van der Waals surface area contributed by atoms with Crippen LogP contribution in [0.4, 0.5) is 10.7 Å². The van der Waals surface area contributed by atoms with Gasteiger partial charge in [0.15, 0.2) is 0 Å². The number of nitrogens with zero attached hydrogens (tertiary/aromatic N) is 1. The molecule has 2 heterocycles. The average molecular weight is 295 g/mol. The number of nitrogen functional groups attached to an aromatic ring is 1. The Morgan fingerprint density at radius 2 is 2.45 bits per heavy atom. The quantitative estimate of drug-likeness (QED) is 0.822. The molecule has 20 heavy (non-hydrogen) atoms. The first-order valence-electron chi connectivity index (χ1n) is 6.34. The molecule has 1 saturated heterocycles. The van der Waals surface area contributed by atoms with E-state index in [4.69, 9.17) is 10.5 Å². The van der Waals surface area contributed by atoms with Gasteiger partial charge in [-0.15, -0.1) is 11.3 Å². The molecule has 0 amide bonds. The van der Waals surface area contributed by atoms with Crippen LogP contribution in [0, 0.1) is 17.2 Å². The minimum absolute atomic E-state index is 0.183. The Kier molecular flexibility index (Phi) is 4.47. The van der Waals surface area contributed by atoms with Crippen molar-refractivity contribution in [2.45, 2.75) is 19.4 Å². The zero-order valence-electron chi connectivity index (χ0n) is 11.4. The van der Waals surface area contributed by atoms with Gasteiger partial charge in [-0.05, 0) is 13.3 Å². The number of nitrogens with two attached hydrogens (primary N) is 1. The summed E-state index contributed by atoms with van der Waals surface area (Å²) in [5.74, 6) is -0.124. The van der Waals surface area contributed by atoms with Crippen molar-refractivity contribution < 1.29 is 14.3 Å². The van der Waals surface area contributed by atoms with E-state index in [1.165, 1.54) is 7.11 Å². The molecule has 0 aliphatic carbocycles. The van der Waals surface area contributed by atoms with Gasteiger partial charge in [0.2, 0.25) is 0 Å². The molecule has 2 rings (SSSR count). The van der Waals surface area contributed by atoms with Crippen LogP contribution in [0.1, 0.15) is 28.6 Å². The first kappa shape index (κ1) is 14.6. The number of rotatable bonds is 4. The summed E-state index contributed by atoms with van der Waals surface area (Å²) < 4.78 is 10.2. The molecular formula is C13H17N3O3S. The summed E-state index contributed by atoms with van der Waals surface area (Å²) in [5, 5.41) is 13.0. The molecule has 0 radical (unpaired) electrons. The normalized spacial score (nSPS) is 21.4. The summed E-state index contributed by atoms with van der Waals surface area (Å²) in [6.07, 6.45) is 1.19. The molecule has 1 fully saturated rings. The highest BCUT2D eigenvalue weighted by atomic mass is 32.1. The van der Waals surface area contributed by atoms with Crippen LogP contribution in [-0.2, 0) is 9.47 Å². The molecule has 1 aliphatic heterocycles. The number of carbonyl (C=O) groups is 1. The molecule has 1 aromatic heterocycles. The van der Waals surface area contributed by atoms with Crippen molar-refractivity contribution in [2.24, 2.45) is 5.92 Å². The Labute approximate surface area is 121 Å². The predicted octanol–water partition coefficient (Wildman–Crippen LogP) is 1.83. The van der Waals surface area contributed by atoms with E-state index in [2.05, 4.69) is 10.1 Å². The van der Waals surface area contributed by atoms with Gasteiger partial charge in [-0.3, -0.25) is 0 Å². The van der Waals surface area contributed by atoms with Crippen LogP contribution in [0.25, 0.3) is 0 Å². The zero-order valence-corrected chi connectivity index (χ0v) is 12.3. The van der Waals surface area contributed by atoms with Crippen LogP contribution in [-0.4, -0.2) is 32.3 Å². The Balaban J connectivity index is 2.15. The lowest BCUT2D eigenvalue weighted by Gasteiger charge is -2.14. The second-order valence-electron chi connectivity index (χ2n) is 4.66. The van der Waals surface area contributed by atoms with Crippen LogP contribution in [0.2, 0.25) is 0 Å². The number of thiophene rings is 1. The zero-order chi connectivity index (χ0) is 14.7. The Morgan fingerprint density at radius 1 is 1.70 bits per heavy atom. The summed E-state index contributed by atoms with van der Waals surface area (Å²) in [5.41, 5.74) is 6.31. The number of carbonyl (C=O) groups excluding carboxylic acids is 1. The van der Waals surface area contributed by atoms with Crippen molar-refractivity contribution in [3.05, 3.63) is 10.4 Å². The highest BCUT2D eigenvalue weighted by molar-refractivity contribution is 7.18. The van der Waals surface area contributed by atoms with E-state index in [1.54, 1.807) is 0 Å². The van der Waals surface area contributed by atoms with Gasteiger partial charge in [0, 0.05) is 19.1 Å². The molecule has 0 spiro atoms. The molecule has 0 aromatic carbocycles. The molecule has 1 aromatic rings. The number of nitriles is 1. The Bertz CT molecular complexity index is 550. The fourth-order valence-corrected chi connectivity index (χ4v) is 3.19. The third kappa shape index (κ3) is 2.71. The number of esters is 1. The van der Waals surface area contributed by atoms with Crippen LogP contribution < -0.4 is 11.1 Å². The molecule has 3 N–H and O–H groups in total. The van der Waals surface area contributed by atoms with Crippen molar-refractivity contribution in [3.8, 4) is 6.07 Å². The predicted molar refractivity (Wildman–Crippen MR) is 76.8 cm³/mol. The van der Waals surface area contributed by atoms with E-state index in [0.29, 0.717) is 23.0 Å². The molecular weight excluding hydrogens is 278 g/mol. The van der Waals surface area contributed by atoms with Gasteiger partial charge in [0.1, 0.15) is 21.5 Å².